The molecule has 6 nitrogen and oxygen atoms in total. The van der Waals surface area contributed by atoms with Gasteiger partial charge in [-0.25, -0.2) is 4.39 Å². The van der Waals surface area contributed by atoms with Crippen LogP contribution >= 0.6 is 0 Å². The van der Waals surface area contributed by atoms with Crippen molar-refractivity contribution in [3.8, 4) is 17.5 Å². The molecule has 1 aromatic heterocycles. The summed E-state index contributed by atoms with van der Waals surface area (Å²) >= 11 is 0. The van der Waals surface area contributed by atoms with Crippen LogP contribution in [0.25, 0.3) is 11.4 Å². The molecule has 0 aliphatic rings. The second kappa shape index (κ2) is 6.04. The molecule has 0 saturated carbocycles. The molecular formula is C13H8F4N4O2. The monoisotopic (exact) mass is 328 g/mol. The quantitative estimate of drug-likeness (QED) is 0.874. The molecule has 120 valence electrons. The number of carbonyl (C=O) groups is 1. The molecule has 1 N–H and O–H groups in total. The van der Waals surface area contributed by atoms with Crippen LogP contribution in [-0.2, 0) is 11.0 Å². The van der Waals surface area contributed by atoms with Gasteiger partial charge in [-0.2, -0.15) is 23.4 Å². The summed E-state index contributed by atoms with van der Waals surface area (Å²) in [7, 11) is 0. The average Bonchev–Trinajstić information content (AvgIpc) is 2.94. The molecule has 2 aromatic rings. The molecule has 1 heterocycles. The lowest BCUT2D eigenvalue weighted by Crippen LogP contribution is -2.24. The fourth-order valence-corrected chi connectivity index (χ4v) is 1.73. The van der Waals surface area contributed by atoms with Gasteiger partial charge in [-0.1, -0.05) is 11.2 Å². The van der Waals surface area contributed by atoms with Crippen LogP contribution in [0.2, 0.25) is 0 Å². The highest BCUT2D eigenvalue weighted by Crippen LogP contribution is 2.30. The molecule has 1 amide bonds. The number of aromatic nitrogens is 2. The van der Waals surface area contributed by atoms with Crippen molar-refractivity contribution in [1.82, 2.24) is 15.5 Å². The third kappa shape index (κ3) is 3.63. The maximum Gasteiger partial charge on any atom is 0.471 e. The van der Waals surface area contributed by atoms with E-state index in [0.29, 0.717) is 0 Å². The lowest BCUT2D eigenvalue weighted by atomic mass is 10.0. The van der Waals surface area contributed by atoms with Gasteiger partial charge in [0.05, 0.1) is 11.6 Å². The number of halogens is 4. The van der Waals surface area contributed by atoms with E-state index in [1.165, 1.54) is 13.0 Å². The molecule has 1 atom stereocenters. The lowest BCUT2D eigenvalue weighted by Gasteiger charge is -2.11. The zero-order valence-corrected chi connectivity index (χ0v) is 11.5. The molecule has 1 unspecified atom stereocenters. The minimum absolute atomic E-state index is 0.128. The van der Waals surface area contributed by atoms with Crippen LogP contribution in [0.1, 0.15) is 24.4 Å². The van der Waals surface area contributed by atoms with Gasteiger partial charge < -0.3 is 9.84 Å². The minimum Gasteiger partial charge on any atom is -0.337 e. The largest absolute Gasteiger partial charge is 0.471 e. The highest BCUT2D eigenvalue weighted by atomic mass is 19.4. The Balaban J connectivity index is 2.35. The zero-order valence-electron chi connectivity index (χ0n) is 11.5. The number of nitriles is 1. The first-order valence-corrected chi connectivity index (χ1v) is 6.10. The van der Waals surface area contributed by atoms with Gasteiger partial charge in [0.15, 0.2) is 0 Å². The van der Waals surface area contributed by atoms with E-state index in [1.807, 2.05) is 0 Å². The predicted molar refractivity (Wildman–Crippen MR) is 66.9 cm³/mol. The summed E-state index contributed by atoms with van der Waals surface area (Å²) in [6, 6.07) is 3.95. The summed E-state index contributed by atoms with van der Waals surface area (Å²) in [4.78, 5) is 14.0. The van der Waals surface area contributed by atoms with E-state index in [-0.39, 0.29) is 11.1 Å². The van der Waals surface area contributed by atoms with Gasteiger partial charge in [0, 0.05) is 6.92 Å². The molecule has 0 fully saturated rings. The average molecular weight is 328 g/mol. The summed E-state index contributed by atoms with van der Waals surface area (Å²) in [5.41, 5.74) is -0.198. The number of benzene rings is 1. The van der Waals surface area contributed by atoms with Crippen molar-refractivity contribution in [1.29, 1.82) is 5.26 Å². The molecule has 2 rings (SSSR count). The number of amides is 1. The molecule has 0 radical (unpaired) electrons. The third-order valence-corrected chi connectivity index (χ3v) is 2.71. The summed E-state index contributed by atoms with van der Waals surface area (Å²) in [5.74, 6) is -3.62. The number of alkyl halides is 3. The first-order valence-electron chi connectivity index (χ1n) is 6.10. The molecule has 0 saturated heterocycles. The highest BCUT2D eigenvalue weighted by Gasteiger charge is 2.38. The maximum absolute atomic E-state index is 14.1. The Morgan fingerprint density at radius 3 is 2.61 bits per heavy atom. The van der Waals surface area contributed by atoms with E-state index >= 15 is 0 Å². The first kappa shape index (κ1) is 16.4. The predicted octanol–water partition coefficient (Wildman–Crippen LogP) is 2.60. The van der Waals surface area contributed by atoms with Crippen LogP contribution in [-0.4, -0.2) is 16.0 Å². The van der Waals surface area contributed by atoms with Crippen molar-refractivity contribution < 1.29 is 26.9 Å². The van der Waals surface area contributed by atoms with Crippen molar-refractivity contribution in [2.75, 3.05) is 0 Å². The Hall–Kier alpha value is -2.96. The van der Waals surface area contributed by atoms with E-state index in [1.54, 1.807) is 6.07 Å². The van der Waals surface area contributed by atoms with Gasteiger partial charge in [0.25, 0.3) is 0 Å². The van der Waals surface area contributed by atoms with E-state index < -0.39 is 35.7 Å². The fourth-order valence-electron chi connectivity index (χ4n) is 1.73. The number of rotatable bonds is 3. The summed E-state index contributed by atoms with van der Waals surface area (Å²) in [6.07, 6.45) is -4.83. The van der Waals surface area contributed by atoms with Gasteiger partial charge in [0.1, 0.15) is 11.9 Å². The van der Waals surface area contributed by atoms with Crippen LogP contribution in [0.4, 0.5) is 17.6 Å². The highest BCUT2D eigenvalue weighted by molar-refractivity contribution is 5.74. The minimum atomic E-state index is -4.83. The van der Waals surface area contributed by atoms with Gasteiger partial charge in [0.2, 0.25) is 11.7 Å². The van der Waals surface area contributed by atoms with Gasteiger partial charge >= 0.3 is 12.1 Å². The van der Waals surface area contributed by atoms with Crippen LogP contribution in [0.5, 0.6) is 0 Å². The standard InChI is InChI=1S/C13H8F4N4O2/c1-6(22)19-10(5-18)7-2-3-8(9(14)4-7)11-20-12(23-21-11)13(15,16)17/h2-4,10H,1H3,(H,19,22). The molecule has 0 aliphatic carbocycles. The number of carbonyl (C=O) groups excluding carboxylic acids is 1. The van der Waals surface area contributed by atoms with Crippen molar-refractivity contribution in [3.05, 3.63) is 35.5 Å². The molecular weight excluding hydrogens is 320 g/mol. The van der Waals surface area contributed by atoms with Crippen LogP contribution in [0.15, 0.2) is 22.7 Å². The second-order valence-electron chi connectivity index (χ2n) is 4.42. The number of hydrogen-bond acceptors (Lipinski definition) is 5. The smallest absolute Gasteiger partial charge is 0.337 e. The molecule has 0 bridgehead atoms. The topological polar surface area (TPSA) is 91.8 Å². The van der Waals surface area contributed by atoms with Crippen molar-refractivity contribution in [2.45, 2.75) is 19.1 Å². The third-order valence-electron chi connectivity index (χ3n) is 2.71. The lowest BCUT2D eigenvalue weighted by molar-refractivity contribution is -0.159. The van der Waals surface area contributed by atoms with Gasteiger partial charge in [-0.3, -0.25) is 4.79 Å². The Bertz CT molecular complexity index is 779. The SMILES string of the molecule is CC(=O)NC(C#N)c1ccc(-c2noc(C(F)(F)F)n2)c(F)c1. The van der Waals surface area contributed by atoms with Crippen LogP contribution in [0, 0.1) is 17.1 Å². The summed E-state index contributed by atoms with van der Waals surface area (Å²) in [5, 5.41) is 14.3. The van der Waals surface area contributed by atoms with Crippen molar-refractivity contribution in [2.24, 2.45) is 0 Å². The van der Waals surface area contributed by atoms with Crippen molar-refractivity contribution in [3.63, 3.8) is 0 Å². The zero-order chi connectivity index (χ0) is 17.2. The van der Waals surface area contributed by atoms with E-state index in [0.717, 1.165) is 12.1 Å². The molecule has 10 heteroatoms. The number of nitrogens with zero attached hydrogens (tertiary/aromatic N) is 3. The second-order valence-corrected chi connectivity index (χ2v) is 4.42. The molecule has 1 aromatic carbocycles. The molecule has 0 aliphatic heterocycles. The first-order chi connectivity index (χ1) is 10.7. The molecule has 23 heavy (non-hydrogen) atoms. The van der Waals surface area contributed by atoms with Gasteiger partial charge in [-0.05, 0) is 17.7 Å². The Morgan fingerprint density at radius 1 is 1.43 bits per heavy atom. The van der Waals surface area contributed by atoms with Crippen LogP contribution < -0.4 is 5.32 Å². The van der Waals surface area contributed by atoms with Crippen LogP contribution in [0.3, 0.4) is 0 Å². The Morgan fingerprint density at radius 2 is 2.13 bits per heavy atom. The molecule has 0 spiro atoms. The number of nitrogens with one attached hydrogen (secondary N) is 1. The van der Waals surface area contributed by atoms with E-state index in [2.05, 4.69) is 20.0 Å². The van der Waals surface area contributed by atoms with E-state index in [4.69, 9.17) is 5.26 Å². The van der Waals surface area contributed by atoms with Crippen molar-refractivity contribution >= 4 is 5.91 Å². The maximum atomic E-state index is 14.1. The fraction of sp³-hybridized carbons (Fsp3) is 0.231. The Labute approximate surface area is 126 Å². The number of hydrogen-bond donors (Lipinski definition) is 1. The van der Waals surface area contributed by atoms with E-state index in [9.17, 15) is 22.4 Å². The summed E-state index contributed by atoms with van der Waals surface area (Å²) < 4.78 is 55.2. The normalized spacial score (nSPS) is 12.5. The Kier molecular flexibility index (Phi) is 4.31. The summed E-state index contributed by atoms with van der Waals surface area (Å²) in [6.45, 7) is 1.19. The van der Waals surface area contributed by atoms with Gasteiger partial charge in [-0.15, -0.1) is 0 Å².